The van der Waals surface area contributed by atoms with E-state index in [1.807, 2.05) is 31.2 Å². The molecular weight excluding hydrogens is 262 g/mol. The lowest BCUT2D eigenvalue weighted by atomic mass is 10.1. The number of carbonyl (C=O) groups excluding carboxylic acids is 1. The van der Waals surface area contributed by atoms with Gasteiger partial charge in [0.25, 0.3) is 5.91 Å². The number of carbonyl (C=O) groups is 1. The largest absolute Gasteiger partial charge is 0.383 e. The topological polar surface area (TPSA) is 45.2 Å². The van der Waals surface area contributed by atoms with Gasteiger partial charge >= 0.3 is 0 Å². The van der Waals surface area contributed by atoms with Crippen molar-refractivity contribution < 1.29 is 4.79 Å². The highest BCUT2D eigenvalue weighted by Crippen LogP contribution is 2.22. The first-order valence-corrected chi connectivity index (χ1v) is 7.16. The zero-order chi connectivity index (χ0) is 15.2. The number of anilines is 2. The van der Waals surface area contributed by atoms with Crippen molar-refractivity contribution in [2.75, 3.05) is 23.8 Å². The van der Waals surface area contributed by atoms with Crippen molar-refractivity contribution in [2.24, 2.45) is 0 Å². The minimum Gasteiger partial charge on any atom is -0.383 e. The summed E-state index contributed by atoms with van der Waals surface area (Å²) in [4.78, 5) is 18.5. The molecule has 1 aromatic heterocycles. The van der Waals surface area contributed by atoms with Gasteiger partial charge in [-0.2, -0.15) is 0 Å². The molecule has 4 nitrogen and oxygen atoms in total. The van der Waals surface area contributed by atoms with Gasteiger partial charge in [-0.05, 0) is 31.0 Å². The van der Waals surface area contributed by atoms with Crippen LogP contribution < -0.4 is 10.2 Å². The summed E-state index contributed by atoms with van der Waals surface area (Å²) >= 11 is 0. The molecule has 1 aromatic carbocycles. The molecule has 21 heavy (non-hydrogen) atoms. The maximum atomic E-state index is 12.7. The molecule has 0 fully saturated rings. The van der Waals surface area contributed by atoms with Gasteiger partial charge in [-0.15, -0.1) is 0 Å². The van der Waals surface area contributed by atoms with Gasteiger partial charge in [-0.25, -0.2) is 0 Å². The number of pyridine rings is 1. The Hall–Kier alpha value is -2.36. The lowest BCUT2D eigenvalue weighted by Gasteiger charge is -2.21. The highest BCUT2D eigenvalue weighted by Gasteiger charge is 2.18. The van der Waals surface area contributed by atoms with Crippen LogP contribution in [0.15, 0.2) is 42.7 Å². The van der Waals surface area contributed by atoms with E-state index in [1.54, 1.807) is 30.4 Å². The highest BCUT2D eigenvalue weighted by molar-refractivity contribution is 6.09. The Morgan fingerprint density at radius 1 is 1.29 bits per heavy atom. The number of rotatable bonds is 5. The van der Waals surface area contributed by atoms with E-state index in [2.05, 4.69) is 17.2 Å². The quantitative estimate of drug-likeness (QED) is 0.913. The first-order valence-electron chi connectivity index (χ1n) is 7.16. The van der Waals surface area contributed by atoms with Gasteiger partial charge in [0.2, 0.25) is 0 Å². The summed E-state index contributed by atoms with van der Waals surface area (Å²) in [5, 5.41) is 3.25. The average Bonchev–Trinajstić information content (AvgIpc) is 2.52. The fourth-order valence-corrected chi connectivity index (χ4v) is 2.21. The predicted octanol–water partition coefficient (Wildman–Crippen LogP) is 3.49. The fourth-order valence-electron chi connectivity index (χ4n) is 2.21. The molecule has 0 saturated heterocycles. The van der Waals surface area contributed by atoms with Crippen molar-refractivity contribution in [3.8, 4) is 0 Å². The number of nitrogens with one attached hydrogen (secondary N) is 1. The Balaban J connectivity index is 2.30. The molecule has 1 amide bonds. The van der Waals surface area contributed by atoms with Crippen LogP contribution in [-0.2, 0) is 0 Å². The zero-order valence-electron chi connectivity index (χ0n) is 12.8. The molecule has 0 aliphatic rings. The van der Waals surface area contributed by atoms with Crippen LogP contribution in [0, 0.1) is 6.92 Å². The number of benzene rings is 1. The van der Waals surface area contributed by atoms with Crippen molar-refractivity contribution in [3.63, 3.8) is 0 Å². The molecule has 0 bridgehead atoms. The smallest absolute Gasteiger partial charge is 0.260 e. The number of aryl methyl sites for hydroxylation is 1. The number of aromatic nitrogens is 1. The van der Waals surface area contributed by atoms with E-state index in [0.29, 0.717) is 5.56 Å². The average molecular weight is 283 g/mol. The van der Waals surface area contributed by atoms with E-state index >= 15 is 0 Å². The Labute approximate surface area is 125 Å². The second-order valence-corrected chi connectivity index (χ2v) is 5.00. The molecule has 0 aliphatic carbocycles. The molecule has 2 aromatic rings. The third kappa shape index (κ3) is 3.40. The molecular formula is C17H21N3O. The Morgan fingerprint density at radius 2 is 2.05 bits per heavy atom. The lowest BCUT2D eigenvalue weighted by molar-refractivity contribution is 0.0993. The lowest BCUT2D eigenvalue weighted by Crippen LogP contribution is -2.27. The molecule has 1 heterocycles. The summed E-state index contributed by atoms with van der Waals surface area (Å²) in [5.41, 5.74) is 3.42. The van der Waals surface area contributed by atoms with Gasteiger partial charge in [0.05, 0.1) is 17.4 Å². The highest BCUT2D eigenvalue weighted by atomic mass is 16.2. The normalized spacial score (nSPS) is 10.2. The van der Waals surface area contributed by atoms with Gasteiger partial charge in [0.15, 0.2) is 0 Å². The Kier molecular flexibility index (Phi) is 4.93. The summed E-state index contributed by atoms with van der Waals surface area (Å²) in [7, 11) is 1.80. The minimum atomic E-state index is -0.0368. The van der Waals surface area contributed by atoms with E-state index in [0.717, 1.165) is 29.9 Å². The van der Waals surface area contributed by atoms with E-state index in [-0.39, 0.29) is 5.91 Å². The van der Waals surface area contributed by atoms with Gasteiger partial charge in [-0.1, -0.05) is 25.1 Å². The first kappa shape index (κ1) is 15.0. The maximum Gasteiger partial charge on any atom is 0.260 e. The Morgan fingerprint density at radius 3 is 2.76 bits per heavy atom. The second kappa shape index (κ2) is 6.88. The molecule has 0 atom stereocenters. The molecule has 0 radical (unpaired) electrons. The summed E-state index contributed by atoms with van der Waals surface area (Å²) in [6.07, 6.45) is 4.35. The molecule has 4 heteroatoms. The van der Waals surface area contributed by atoms with E-state index < -0.39 is 0 Å². The van der Waals surface area contributed by atoms with E-state index in [4.69, 9.17) is 0 Å². The summed E-state index contributed by atoms with van der Waals surface area (Å²) < 4.78 is 0. The molecule has 0 unspecified atom stereocenters. The minimum absolute atomic E-state index is 0.0368. The van der Waals surface area contributed by atoms with Crippen molar-refractivity contribution in [2.45, 2.75) is 20.3 Å². The second-order valence-electron chi connectivity index (χ2n) is 5.00. The van der Waals surface area contributed by atoms with Crippen LogP contribution in [0.2, 0.25) is 0 Å². The molecule has 2 rings (SSSR count). The third-order valence-corrected chi connectivity index (χ3v) is 3.40. The summed E-state index contributed by atoms with van der Waals surface area (Å²) in [5.74, 6) is -0.0368. The van der Waals surface area contributed by atoms with Crippen molar-refractivity contribution in [1.29, 1.82) is 0 Å². The number of amides is 1. The maximum absolute atomic E-state index is 12.7. The monoisotopic (exact) mass is 283 g/mol. The Bertz CT molecular complexity index is 625. The molecule has 0 spiro atoms. The van der Waals surface area contributed by atoms with E-state index in [9.17, 15) is 4.79 Å². The SMILES string of the molecule is CCCNc1cnccc1C(=O)N(C)c1ccccc1C. The molecule has 0 saturated carbocycles. The zero-order valence-corrected chi connectivity index (χ0v) is 12.8. The molecule has 1 N–H and O–H groups in total. The van der Waals surface area contributed by atoms with Crippen molar-refractivity contribution in [1.82, 2.24) is 4.98 Å². The number of hydrogen-bond acceptors (Lipinski definition) is 3. The van der Waals surface area contributed by atoms with Crippen LogP contribution >= 0.6 is 0 Å². The van der Waals surface area contributed by atoms with Crippen LogP contribution in [-0.4, -0.2) is 24.5 Å². The van der Waals surface area contributed by atoms with Crippen LogP contribution in [0.25, 0.3) is 0 Å². The number of para-hydroxylation sites is 1. The van der Waals surface area contributed by atoms with E-state index in [1.165, 1.54) is 0 Å². The van der Waals surface area contributed by atoms with Crippen molar-refractivity contribution in [3.05, 3.63) is 53.9 Å². The van der Waals surface area contributed by atoms with Gasteiger partial charge < -0.3 is 10.2 Å². The van der Waals surface area contributed by atoms with Crippen molar-refractivity contribution >= 4 is 17.3 Å². The van der Waals surface area contributed by atoms with Crippen LogP contribution in [0.1, 0.15) is 29.3 Å². The summed E-state index contributed by atoms with van der Waals surface area (Å²) in [6, 6.07) is 9.62. The van der Waals surface area contributed by atoms with Gasteiger partial charge in [0, 0.05) is 25.5 Å². The van der Waals surface area contributed by atoms with Crippen LogP contribution in [0.4, 0.5) is 11.4 Å². The number of hydrogen-bond donors (Lipinski definition) is 1. The first-order chi connectivity index (χ1) is 10.1. The standard InChI is InChI=1S/C17H21N3O/c1-4-10-19-15-12-18-11-9-14(15)17(21)20(3)16-8-6-5-7-13(16)2/h5-9,11-12,19H,4,10H2,1-3H3. The predicted molar refractivity (Wildman–Crippen MR) is 86.9 cm³/mol. The fraction of sp³-hybridized carbons (Fsp3) is 0.294. The van der Waals surface area contributed by atoms with Gasteiger partial charge in [0.1, 0.15) is 0 Å². The van der Waals surface area contributed by atoms with Crippen LogP contribution in [0.3, 0.4) is 0 Å². The summed E-state index contributed by atoms with van der Waals surface area (Å²) in [6.45, 7) is 4.91. The molecule has 0 aliphatic heterocycles. The third-order valence-electron chi connectivity index (χ3n) is 3.40. The number of nitrogens with zero attached hydrogens (tertiary/aromatic N) is 2. The molecule has 110 valence electrons. The van der Waals surface area contributed by atoms with Crippen LogP contribution in [0.5, 0.6) is 0 Å². The van der Waals surface area contributed by atoms with Gasteiger partial charge in [-0.3, -0.25) is 9.78 Å².